The van der Waals surface area contributed by atoms with Gasteiger partial charge in [0.1, 0.15) is 5.92 Å². The van der Waals surface area contributed by atoms with Gasteiger partial charge >= 0.3 is 0 Å². The minimum Gasteiger partial charge on any atom is -0.353 e. The molecule has 1 fully saturated rings. The number of thioether (sulfide) groups is 1. The summed E-state index contributed by atoms with van der Waals surface area (Å²) in [7, 11) is 0. The molecule has 0 aromatic carbocycles. The maximum absolute atomic E-state index is 12.0. The third-order valence-corrected chi connectivity index (χ3v) is 5.40. The fourth-order valence-electron chi connectivity index (χ4n) is 3.01. The molecule has 1 saturated carbocycles. The first kappa shape index (κ1) is 17.4. The number of carbonyl (C=O) groups is 2. The zero-order valence-corrected chi connectivity index (χ0v) is 14.1. The normalized spacial score (nSPS) is 23.8. The van der Waals surface area contributed by atoms with Crippen molar-refractivity contribution in [3.05, 3.63) is 10.6 Å². The molecule has 0 bridgehead atoms. The fraction of sp³-hybridized carbons (Fsp3) is 0.625. The van der Waals surface area contributed by atoms with Crippen molar-refractivity contribution < 1.29 is 9.59 Å². The number of nitrogens with zero attached hydrogens (tertiary/aromatic N) is 2. The van der Waals surface area contributed by atoms with Gasteiger partial charge in [0, 0.05) is 11.5 Å². The number of nitriles is 2. The Bertz CT molecular complexity index is 621. The van der Waals surface area contributed by atoms with Crippen LogP contribution >= 0.6 is 11.8 Å². The smallest absolute Gasteiger partial charge is 0.243 e. The molecule has 0 radical (unpaired) electrons. The molecule has 0 unspecified atom stereocenters. The van der Waals surface area contributed by atoms with Gasteiger partial charge in [0.2, 0.25) is 11.8 Å². The Balaban J connectivity index is 2.06. The number of nitrogens with one attached hydrogen (secondary N) is 2. The van der Waals surface area contributed by atoms with Gasteiger partial charge in [-0.1, -0.05) is 38.5 Å². The second-order valence-corrected chi connectivity index (χ2v) is 7.41. The van der Waals surface area contributed by atoms with Crippen LogP contribution in [-0.4, -0.2) is 23.6 Å². The topological polar surface area (TPSA) is 106 Å². The van der Waals surface area contributed by atoms with E-state index in [-0.39, 0.29) is 17.7 Å². The molecule has 6 nitrogen and oxygen atoms in total. The molecule has 23 heavy (non-hydrogen) atoms. The average Bonchev–Trinajstić information content (AvgIpc) is 2.97. The molecule has 2 rings (SSSR count). The van der Waals surface area contributed by atoms with Gasteiger partial charge < -0.3 is 10.6 Å². The van der Waals surface area contributed by atoms with Crippen LogP contribution in [0.2, 0.25) is 0 Å². The van der Waals surface area contributed by atoms with Crippen LogP contribution in [0, 0.1) is 34.0 Å². The zero-order valence-electron chi connectivity index (χ0n) is 13.3. The highest BCUT2D eigenvalue weighted by atomic mass is 32.2. The molecule has 2 amide bonds. The van der Waals surface area contributed by atoms with Gasteiger partial charge in [0.15, 0.2) is 0 Å². The van der Waals surface area contributed by atoms with E-state index in [1.165, 1.54) is 0 Å². The molecule has 2 aliphatic rings. The molecular weight excluding hydrogens is 312 g/mol. The van der Waals surface area contributed by atoms with Crippen molar-refractivity contribution >= 4 is 23.6 Å². The minimum atomic E-state index is -0.909. The number of amides is 2. The van der Waals surface area contributed by atoms with Gasteiger partial charge in [-0.25, -0.2) is 0 Å². The highest BCUT2D eigenvalue weighted by molar-refractivity contribution is 8.03. The third kappa shape index (κ3) is 3.68. The molecule has 1 aliphatic carbocycles. The van der Waals surface area contributed by atoms with Crippen LogP contribution in [-0.2, 0) is 9.59 Å². The fourth-order valence-corrected chi connectivity index (χ4v) is 4.00. The Hall–Kier alpha value is -1.99. The number of rotatable bonds is 4. The van der Waals surface area contributed by atoms with E-state index < -0.39 is 17.2 Å². The first-order valence-electron chi connectivity index (χ1n) is 7.67. The van der Waals surface area contributed by atoms with Crippen molar-refractivity contribution in [2.45, 2.75) is 45.6 Å². The Morgan fingerprint density at radius 2 is 2.04 bits per heavy atom. The van der Waals surface area contributed by atoms with Crippen molar-refractivity contribution in [1.82, 2.24) is 10.6 Å². The summed E-state index contributed by atoms with van der Waals surface area (Å²) in [5, 5.41) is 24.5. The maximum atomic E-state index is 12.0. The van der Waals surface area contributed by atoms with Crippen LogP contribution < -0.4 is 10.6 Å². The number of allylic oxidation sites excluding steroid dienone is 1. The first-order chi connectivity index (χ1) is 10.9. The van der Waals surface area contributed by atoms with E-state index in [2.05, 4.69) is 16.7 Å². The highest BCUT2D eigenvalue weighted by Crippen LogP contribution is 2.41. The standard InChI is InChI=1S/C16H20N4O2S/c1-16(2)11(7-17)14(22)20-15(12(16)8-18)23-9-13(21)19-10-5-3-4-6-10/h10-11H,3-6,9H2,1-2H3,(H,19,21)(H,20,22)/t11-/m1/s1. The lowest BCUT2D eigenvalue weighted by Gasteiger charge is -2.34. The Labute approximate surface area is 140 Å². The molecule has 7 heteroatoms. The van der Waals surface area contributed by atoms with Crippen LogP contribution in [0.1, 0.15) is 39.5 Å². The molecule has 0 spiro atoms. The van der Waals surface area contributed by atoms with E-state index in [4.69, 9.17) is 5.26 Å². The van der Waals surface area contributed by atoms with Gasteiger partial charge in [-0.2, -0.15) is 10.5 Å². The lowest BCUT2D eigenvalue weighted by molar-refractivity contribution is -0.125. The largest absolute Gasteiger partial charge is 0.353 e. The maximum Gasteiger partial charge on any atom is 0.243 e. The number of hydrogen-bond acceptors (Lipinski definition) is 5. The van der Waals surface area contributed by atoms with Crippen LogP contribution in [0.4, 0.5) is 0 Å². The second kappa shape index (κ2) is 7.06. The summed E-state index contributed by atoms with van der Waals surface area (Å²) in [5.74, 6) is -1.28. The van der Waals surface area contributed by atoms with Crippen LogP contribution in [0.25, 0.3) is 0 Å². The van der Waals surface area contributed by atoms with Crippen LogP contribution in [0.3, 0.4) is 0 Å². The summed E-state index contributed by atoms with van der Waals surface area (Å²) in [6.07, 6.45) is 4.30. The van der Waals surface area contributed by atoms with Crippen molar-refractivity contribution in [2.75, 3.05) is 5.75 Å². The predicted octanol–water partition coefficient (Wildman–Crippen LogP) is 1.81. The van der Waals surface area contributed by atoms with Gasteiger partial charge in [-0.3, -0.25) is 9.59 Å². The van der Waals surface area contributed by atoms with Gasteiger partial charge in [0.05, 0.1) is 28.5 Å². The van der Waals surface area contributed by atoms with Crippen molar-refractivity contribution in [2.24, 2.45) is 11.3 Å². The van der Waals surface area contributed by atoms with Crippen LogP contribution in [0.5, 0.6) is 0 Å². The zero-order chi connectivity index (χ0) is 17.0. The van der Waals surface area contributed by atoms with E-state index >= 15 is 0 Å². The van der Waals surface area contributed by atoms with Crippen molar-refractivity contribution in [3.63, 3.8) is 0 Å². The van der Waals surface area contributed by atoms with Gasteiger partial charge in [-0.05, 0) is 12.8 Å². The lowest BCUT2D eigenvalue weighted by atomic mass is 9.72. The molecule has 1 heterocycles. The molecule has 2 N–H and O–H groups in total. The molecule has 1 aliphatic heterocycles. The van der Waals surface area contributed by atoms with E-state index in [0.717, 1.165) is 37.4 Å². The Morgan fingerprint density at radius 1 is 1.39 bits per heavy atom. The quantitative estimate of drug-likeness (QED) is 0.816. The van der Waals surface area contributed by atoms with Crippen molar-refractivity contribution in [3.8, 4) is 12.1 Å². The second-order valence-electron chi connectivity index (χ2n) is 6.43. The monoisotopic (exact) mass is 332 g/mol. The van der Waals surface area contributed by atoms with Gasteiger partial charge in [0.25, 0.3) is 0 Å². The van der Waals surface area contributed by atoms with E-state index in [1.807, 2.05) is 6.07 Å². The molecule has 122 valence electrons. The SMILES string of the molecule is CC1(C)C(C#N)=C(SCC(=O)NC2CCCC2)NC(=O)[C@H]1C#N. The highest BCUT2D eigenvalue weighted by Gasteiger charge is 2.44. The number of hydrogen-bond donors (Lipinski definition) is 2. The summed E-state index contributed by atoms with van der Waals surface area (Å²) in [6.45, 7) is 3.41. The Morgan fingerprint density at radius 3 is 2.61 bits per heavy atom. The molecular formula is C16H20N4O2S. The molecule has 0 aromatic heterocycles. The predicted molar refractivity (Wildman–Crippen MR) is 86.5 cm³/mol. The van der Waals surface area contributed by atoms with E-state index in [0.29, 0.717) is 10.6 Å². The number of carbonyl (C=O) groups excluding carboxylic acids is 2. The summed E-state index contributed by atoms with van der Waals surface area (Å²) >= 11 is 1.14. The summed E-state index contributed by atoms with van der Waals surface area (Å²) in [5.41, 5.74) is -0.516. The molecule has 0 saturated heterocycles. The Kier molecular flexibility index (Phi) is 5.33. The van der Waals surface area contributed by atoms with E-state index in [9.17, 15) is 14.9 Å². The average molecular weight is 332 g/mol. The summed E-state index contributed by atoms with van der Waals surface area (Å²) in [6, 6.07) is 4.29. The van der Waals surface area contributed by atoms with Gasteiger partial charge in [-0.15, -0.1) is 0 Å². The first-order valence-corrected chi connectivity index (χ1v) is 8.66. The lowest BCUT2D eigenvalue weighted by Crippen LogP contribution is -2.44. The minimum absolute atomic E-state index is 0.0962. The van der Waals surface area contributed by atoms with E-state index in [1.54, 1.807) is 13.8 Å². The third-order valence-electron chi connectivity index (χ3n) is 4.40. The summed E-state index contributed by atoms with van der Waals surface area (Å²) < 4.78 is 0. The summed E-state index contributed by atoms with van der Waals surface area (Å²) in [4.78, 5) is 24.0. The molecule has 0 aromatic rings. The molecule has 1 atom stereocenters. The van der Waals surface area contributed by atoms with Crippen molar-refractivity contribution in [1.29, 1.82) is 10.5 Å². The van der Waals surface area contributed by atoms with Crippen LogP contribution in [0.15, 0.2) is 10.6 Å².